The maximum absolute atomic E-state index is 5.49. The second kappa shape index (κ2) is 30.5. The molecule has 0 N–H and O–H groups in total. The first-order valence-electron chi connectivity index (χ1n) is 43.5. The first-order valence-corrected chi connectivity index (χ1v) is 45.2. The summed E-state index contributed by atoms with van der Waals surface area (Å²) in [7, 11) is 0. The summed E-state index contributed by atoms with van der Waals surface area (Å²) in [6.45, 7) is 0. The fourth-order valence-electron chi connectivity index (χ4n) is 20.6. The van der Waals surface area contributed by atoms with Crippen molar-refractivity contribution in [1.82, 2.24) is 29.9 Å². The van der Waals surface area contributed by atoms with E-state index in [9.17, 15) is 0 Å². The van der Waals surface area contributed by atoms with Crippen LogP contribution in [-0.2, 0) is 10.8 Å². The lowest BCUT2D eigenvalue weighted by Gasteiger charge is -2.40. The molecule has 8 heteroatoms. The second-order valence-corrected chi connectivity index (χ2v) is 35.4. The molecule has 18 aromatic carbocycles. The van der Waals surface area contributed by atoms with Crippen molar-refractivity contribution >= 4 is 66.9 Å². The van der Waals surface area contributed by atoms with Gasteiger partial charge >= 0.3 is 0 Å². The number of fused-ring (bicyclic) bond motifs is 26. The van der Waals surface area contributed by atoms with Crippen LogP contribution in [0.3, 0.4) is 0 Å². The number of benzene rings is 18. The molecule has 0 amide bonds. The summed E-state index contributed by atoms with van der Waals surface area (Å²) in [5.41, 5.74) is 35.1. The number of aromatic nitrogens is 6. The average molecular weight is 1660 g/mol. The molecule has 4 aliphatic rings. The van der Waals surface area contributed by atoms with E-state index in [4.69, 9.17) is 29.9 Å². The Morgan fingerprint density at radius 2 is 0.461 bits per heavy atom. The van der Waals surface area contributed by atoms with Crippen LogP contribution in [0.1, 0.15) is 44.5 Å². The zero-order valence-corrected chi connectivity index (χ0v) is 70.9. The Kier molecular flexibility index (Phi) is 17.8. The van der Waals surface area contributed by atoms with Crippen LogP contribution in [0, 0.1) is 0 Å². The van der Waals surface area contributed by atoms with Gasteiger partial charge in [0.1, 0.15) is 0 Å². The first kappa shape index (κ1) is 74.8. The molecule has 0 unspecified atom stereocenters. The SMILES string of the molecule is c1ccc(-c2cc(-c3ccc(-c4ccc5nc(-c6ccccc6)c6ccc7c(c6c5c4)Sc4ccccc4C74c5ccccc5-c5ccccc54)cc3)nc(-c3ccccc3)n2)cc1.c1ccc(-c2cccc(-c3cc(-c4ccc5nc(-c6ccccc6)c6ccc7c(c6c5c4)Sc4ccccc4C74c5ccccc5-c5ccccc54)nc(-c4ccccc4)n3)c2)cc1. The van der Waals surface area contributed by atoms with Crippen molar-refractivity contribution in [3.05, 3.63) is 493 Å². The van der Waals surface area contributed by atoms with Gasteiger partial charge < -0.3 is 0 Å². The quantitative estimate of drug-likeness (QED) is 0.125. The predicted octanol–water partition coefficient (Wildman–Crippen LogP) is 30.7. The molecule has 2 spiro atoms. The minimum atomic E-state index is -0.501. The Morgan fingerprint density at radius 1 is 0.172 bits per heavy atom. The molecule has 6 heterocycles. The highest BCUT2D eigenvalue weighted by molar-refractivity contribution is 8.00. The van der Waals surface area contributed by atoms with Crippen molar-refractivity contribution < 1.29 is 0 Å². The third-order valence-electron chi connectivity index (χ3n) is 26.3. The lowest BCUT2D eigenvalue weighted by atomic mass is 9.67. The minimum Gasteiger partial charge on any atom is -0.247 e. The van der Waals surface area contributed by atoms with Gasteiger partial charge in [-0.3, -0.25) is 0 Å². The largest absolute Gasteiger partial charge is 0.247 e. The maximum Gasteiger partial charge on any atom is 0.160 e. The van der Waals surface area contributed by atoms with E-state index >= 15 is 0 Å². The maximum atomic E-state index is 5.49. The molecule has 26 rings (SSSR count). The topological polar surface area (TPSA) is 77.3 Å². The summed E-state index contributed by atoms with van der Waals surface area (Å²) < 4.78 is 0. The van der Waals surface area contributed by atoms with Gasteiger partial charge in [-0.1, -0.05) is 418 Å². The molecule has 4 aromatic heterocycles. The highest BCUT2D eigenvalue weighted by Gasteiger charge is 2.52. The Labute approximate surface area is 749 Å². The minimum absolute atomic E-state index is 0.476. The molecule has 2 aliphatic carbocycles. The summed E-state index contributed by atoms with van der Waals surface area (Å²) in [4.78, 5) is 36.7. The zero-order chi connectivity index (χ0) is 84.4. The Morgan fingerprint density at radius 3 is 0.891 bits per heavy atom. The second-order valence-electron chi connectivity index (χ2n) is 33.3. The molecular weight excluding hydrogens is 1590 g/mol. The van der Waals surface area contributed by atoms with Crippen molar-refractivity contribution in [2.75, 3.05) is 0 Å². The van der Waals surface area contributed by atoms with Gasteiger partial charge in [-0.25, -0.2) is 29.9 Å². The standard InChI is InChI=1S/2C60H37N3S/c1-4-17-38(18-5-1)41-23-16-24-42(35-41)53-37-54(63-59(62-53)40-21-8-3-9-22-40)43-31-34-52-47(36-43)56-46(57(61-52)39-19-6-2-7-20-39)32-33-51-58(56)64-55-30-15-14-29-50(55)60(51)48-27-12-10-25-44(48)45-26-11-13-28-49(45)60;1-4-16-39(17-5-1)53-37-54(63-59(62-53)42-20-8-3-9-21-42)40-30-28-38(29-31-40)43-32-35-52-47(36-43)56-46(57(61-52)41-18-6-2-7-19-41)33-34-51-58(56)64-55-27-15-14-26-50(55)60(51)48-24-12-10-22-44(48)45-23-11-13-25-49(45)60/h2*1-37H. The third-order valence-corrected chi connectivity index (χ3v) is 28.7. The van der Waals surface area contributed by atoms with E-state index < -0.39 is 10.8 Å². The van der Waals surface area contributed by atoms with Gasteiger partial charge in [0.05, 0.1) is 56.0 Å². The molecule has 6 nitrogen and oxygen atoms in total. The molecule has 0 bridgehead atoms. The number of hydrogen-bond donors (Lipinski definition) is 0. The summed E-state index contributed by atoms with van der Waals surface area (Å²) in [5.74, 6) is 1.39. The van der Waals surface area contributed by atoms with E-state index in [1.165, 1.54) is 103 Å². The lowest BCUT2D eigenvalue weighted by Crippen LogP contribution is -2.32. The first-order chi connectivity index (χ1) is 63.4. The molecule has 0 radical (unpaired) electrons. The van der Waals surface area contributed by atoms with Crippen molar-refractivity contribution in [2.45, 2.75) is 30.4 Å². The van der Waals surface area contributed by atoms with Crippen molar-refractivity contribution in [1.29, 1.82) is 0 Å². The van der Waals surface area contributed by atoms with E-state index in [1.807, 2.05) is 66.0 Å². The lowest BCUT2D eigenvalue weighted by molar-refractivity contribution is 0.726. The van der Waals surface area contributed by atoms with Crippen LogP contribution in [0.5, 0.6) is 0 Å². The predicted molar refractivity (Wildman–Crippen MR) is 527 cm³/mol. The Hall–Kier alpha value is -15.8. The van der Waals surface area contributed by atoms with Crippen LogP contribution in [0.2, 0.25) is 0 Å². The fourth-order valence-corrected chi connectivity index (χ4v) is 23.3. The van der Waals surface area contributed by atoms with E-state index in [1.54, 1.807) is 0 Å². The van der Waals surface area contributed by atoms with E-state index in [0.29, 0.717) is 11.6 Å². The molecule has 596 valence electrons. The van der Waals surface area contributed by atoms with Crippen LogP contribution in [0.25, 0.3) is 178 Å². The van der Waals surface area contributed by atoms with Gasteiger partial charge in [0.15, 0.2) is 11.6 Å². The van der Waals surface area contributed by atoms with Gasteiger partial charge in [-0.2, -0.15) is 0 Å². The summed E-state index contributed by atoms with van der Waals surface area (Å²) in [6, 6.07) is 162. The van der Waals surface area contributed by atoms with Gasteiger partial charge in [-0.05, 0) is 144 Å². The highest BCUT2D eigenvalue weighted by Crippen LogP contribution is 2.66. The monoisotopic (exact) mass is 1660 g/mol. The van der Waals surface area contributed by atoms with Crippen molar-refractivity contribution in [3.63, 3.8) is 0 Å². The van der Waals surface area contributed by atoms with Crippen molar-refractivity contribution in [3.8, 4) is 135 Å². The third kappa shape index (κ3) is 12.0. The highest BCUT2D eigenvalue weighted by atomic mass is 32.2. The number of pyridine rings is 2. The average Bonchev–Trinajstić information content (AvgIpc) is 1.48. The Balaban J connectivity index is 0.000000139. The van der Waals surface area contributed by atoms with Crippen LogP contribution >= 0.6 is 23.5 Å². The zero-order valence-electron chi connectivity index (χ0n) is 69.2. The smallest absolute Gasteiger partial charge is 0.160 e. The summed E-state index contributed by atoms with van der Waals surface area (Å²) >= 11 is 3.79. The number of nitrogens with zero attached hydrogens (tertiary/aromatic N) is 6. The van der Waals surface area contributed by atoms with E-state index in [0.717, 1.165) is 128 Å². The van der Waals surface area contributed by atoms with Crippen LogP contribution in [-0.4, -0.2) is 29.9 Å². The molecule has 0 fully saturated rings. The molecule has 128 heavy (non-hydrogen) atoms. The Bertz CT molecular complexity index is 8080. The molecule has 2 aliphatic heterocycles. The van der Waals surface area contributed by atoms with Crippen LogP contribution in [0.15, 0.2) is 468 Å². The van der Waals surface area contributed by atoms with Gasteiger partial charge in [0, 0.05) is 96.4 Å². The fraction of sp³-hybridized carbons (Fsp3) is 0.0167. The van der Waals surface area contributed by atoms with Crippen molar-refractivity contribution in [2.24, 2.45) is 0 Å². The van der Waals surface area contributed by atoms with E-state index in [-0.39, 0.29) is 0 Å². The molecule has 22 aromatic rings. The van der Waals surface area contributed by atoms with E-state index in [2.05, 4.69) is 406 Å². The van der Waals surface area contributed by atoms with Gasteiger partial charge in [0.25, 0.3) is 0 Å². The van der Waals surface area contributed by atoms with Crippen LogP contribution in [0.4, 0.5) is 0 Å². The molecular formula is C120H74N6S2. The summed E-state index contributed by atoms with van der Waals surface area (Å²) in [5, 5.41) is 6.96. The summed E-state index contributed by atoms with van der Waals surface area (Å²) in [6.07, 6.45) is 0. The van der Waals surface area contributed by atoms with Gasteiger partial charge in [-0.15, -0.1) is 0 Å². The van der Waals surface area contributed by atoms with Gasteiger partial charge in [0.2, 0.25) is 0 Å². The molecule has 0 atom stereocenters. The normalized spacial score (nSPS) is 13.1. The molecule has 0 saturated heterocycles. The number of hydrogen-bond acceptors (Lipinski definition) is 8. The number of rotatable bonds is 10. The van der Waals surface area contributed by atoms with Crippen LogP contribution < -0.4 is 0 Å². The molecule has 0 saturated carbocycles.